The number of carbonyl (C=O) groups excluding carboxylic acids is 2. The predicted molar refractivity (Wildman–Crippen MR) is 57.7 cm³/mol. The third-order valence-electron chi connectivity index (χ3n) is 1.74. The fourth-order valence-electron chi connectivity index (χ4n) is 0.964. The number of nitrogen functional groups attached to an aromatic ring is 1. The van der Waals surface area contributed by atoms with Crippen LogP contribution < -0.4 is 11.1 Å². The highest BCUT2D eigenvalue weighted by Gasteiger charge is 2.10. The van der Waals surface area contributed by atoms with Gasteiger partial charge in [-0.25, -0.2) is 0 Å². The van der Waals surface area contributed by atoms with Gasteiger partial charge in [0.15, 0.2) is 0 Å². The first-order valence-electron chi connectivity index (χ1n) is 4.33. The topological polar surface area (TPSA) is 81.4 Å². The van der Waals surface area contributed by atoms with E-state index in [0.29, 0.717) is 10.6 Å². The minimum atomic E-state index is -0.352. The molecule has 0 unspecified atom stereocenters. The average molecular weight is 228 g/mol. The molecular formula is C9H12N2O3S. The lowest BCUT2D eigenvalue weighted by atomic mass is 10.3. The van der Waals surface area contributed by atoms with Crippen LogP contribution in [0.1, 0.15) is 16.1 Å². The second-order valence-corrected chi connectivity index (χ2v) is 3.70. The third-order valence-corrected chi connectivity index (χ3v) is 2.67. The molecule has 6 heteroatoms. The summed E-state index contributed by atoms with van der Waals surface area (Å²) in [5.74, 6) is -0.610. The number of esters is 1. The number of thiophene rings is 1. The predicted octanol–water partition coefficient (Wildman–Crippen LogP) is 0.623. The molecule has 0 saturated carbocycles. The van der Waals surface area contributed by atoms with Crippen LogP contribution in [0.3, 0.4) is 0 Å². The van der Waals surface area contributed by atoms with Gasteiger partial charge in [-0.05, 0) is 11.4 Å². The summed E-state index contributed by atoms with van der Waals surface area (Å²) >= 11 is 1.27. The Hall–Kier alpha value is -1.56. The van der Waals surface area contributed by atoms with Crippen molar-refractivity contribution in [2.75, 3.05) is 19.4 Å². The number of nitrogens with two attached hydrogens (primary N) is 1. The van der Waals surface area contributed by atoms with Gasteiger partial charge in [0.25, 0.3) is 5.91 Å². The molecule has 1 amide bonds. The maximum atomic E-state index is 11.5. The number of hydrogen-bond acceptors (Lipinski definition) is 5. The van der Waals surface area contributed by atoms with Crippen LogP contribution in [0.5, 0.6) is 0 Å². The third kappa shape index (κ3) is 3.25. The normalized spacial score (nSPS) is 9.67. The summed E-state index contributed by atoms with van der Waals surface area (Å²) in [6.45, 7) is 0.253. The Morgan fingerprint density at radius 3 is 2.87 bits per heavy atom. The molecular weight excluding hydrogens is 216 g/mol. The minimum absolute atomic E-state index is 0.160. The molecule has 0 spiro atoms. The SMILES string of the molecule is COC(=O)CCNC(=O)c1sccc1N. The van der Waals surface area contributed by atoms with E-state index in [4.69, 9.17) is 5.73 Å². The number of amides is 1. The quantitative estimate of drug-likeness (QED) is 0.740. The molecule has 0 aliphatic heterocycles. The van der Waals surface area contributed by atoms with E-state index >= 15 is 0 Å². The molecule has 1 aromatic heterocycles. The van der Waals surface area contributed by atoms with Crippen LogP contribution >= 0.6 is 11.3 Å². The Bertz CT molecular complexity index is 362. The molecule has 0 bridgehead atoms. The zero-order chi connectivity index (χ0) is 11.3. The van der Waals surface area contributed by atoms with E-state index in [1.54, 1.807) is 11.4 Å². The van der Waals surface area contributed by atoms with Gasteiger partial charge in [-0.15, -0.1) is 11.3 Å². The van der Waals surface area contributed by atoms with Crippen LogP contribution in [0, 0.1) is 0 Å². The van der Waals surface area contributed by atoms with E-state index in [9.17, 15) is 9.59 Å². The van der Waals surface area contributed by atoms with Crippen molar-refractivity contribution in [3.63, 3.8) is 0 Å². The largest absolute Gasteiger partial charge is 0.469 e. The lowest BCUT2D eigenvalue weighted by molar-refractivity contribution is -0.140. The van der Waals surface area contributed by atoms with Crippen LogP contribution in [-0.2, 0) is 9.53 Å². The van der Waals surface area contributed by atoms with Gasteiger partial charge in [-0.1, -0.05) is 0 Å². The Morgan fingerprint density at radius 2 is 2.33 bits per heavy atom. The van der Waals surface area contributed by atoms with Gasteiger partial charge >= 0.3 is 5.97 Å². The molecule has 5 nitrogen and oxygen atoms in total. The Balaban J connectivity index is 2.38. The van der Waals surface area contributed by atoms with Gasteiger partial charge in [0, 0.05) is 6.54 Å². The van der Waals surface area contributed by atoms with Crippen molar-refractivity contribution in [1.82, 2.24) is 5.32 Å². The van der Waals surface area contributed by atoms with Gasteiger partial charge in [0.1, 0.15) is 4.88 Å². The Labute approximate surface area is 91.2 Å². The molecule has 1 aromatic rings. The van der Waals surface area contributed by atoms with Crippen molar-refractivity contribution in [1.29, 1.82) is 0 Å². The molecule has 0 saturated heterocycles. The van der Waals surface area contributed by atoms with Crippen LogP contribution in [0.25, 0.3) is 0 Å². The second-order valence-electron chi connectivity index (χ2n) is 2.79. The van der Waals surface area contributed by atoms with Crippen molar-refractivity contribution >= 4 is 28.9 Å². The van der Waals surface area contributed by atoms with E-state index in [1.807, 2.05) is 0 Å². The highest BCUT2D eigenvalue weighted by atomic mass is 32.1. The summed E-state index contributed by atoms with van der Waals surface area (Å²) in [6, 6.07) is 1.67. The van der Waals surface area contributed by atoms with Gasteiger partial charge in [-0.3, -0.25) is 9.59 Å². The molecule has 82 valence electrons. The van der Waals surface area contributed by atoms with Gasteiger partial charge < -0.3 is 15.8 Å². The first-order chi connectivity index (χ1) is 7.15. The number of rotatable bonds is 4. The summed E-state index contributed by atoms with van der Waals surface area (Å²) in [5.41, 5.74) is 6.01. The summed E-state index contributed by atoms with van der Waals surface area (Å²) < 4.78 is 4.43. The summed E-state index contributed by atoms with van der Waals surface area (Å²) in [7, 11) is 1.31. The lowest BCUT2D eigenvalue weighted by Gasteiger charge is -2.03. The maximum absolute atomic E-state index is 11.5. The number of methoxy groups -OCH3 is 1. The lowest BCUT2D eigenvalue weighted by Crippen LogP contribution is -2.26. The number of ether oxygens (including phenoxy) is 1. The standard InChI is InChI=1S/C9H12N2O3S/c1-14-7(12)2-4-11-9(13)8-6(10)3-5-15-8/h3,5H,2,4,10H2,1H3,(H,11,13). The van der Waals surface area contributed by atoms with Crippen molar-refractivity contribution in [3.8, 4) is 0 Å². The van der Waals surface area contributed by atoms with Crippen molar-refractivity contribution in [2.24, 2.45) is 0 Å². The first-order valence-corrected chi connectivity index (χ1v) is 5.21. The van der Waals surface area contributed by atoms with Crippen molar-refractivity contribution in [2.45, 2.75) is 6.42 Å². The van der Waals surface area contributed by atoms with Crippen molar-refractivity contribution < 1.29 is 14.3 Å². The minimum Gasteiger partial charge on any atom is -0.469 e. The fraction of sp³-hybridized carbons (Fsp3) is 0.333. The van der Waals surface area contributed by atoms with Gasteiger partial charge in [-0.2, -0.15) is 0 Å². The molecule has 3 N–H and O–H groups in total. The molecule has 1 heterocycles. The highest BCUT2D eigenvalue weighted by molar-refractivity contribution is 7.12. The average Bonchev–Trinajstić information content (AvgIpc) is 2.64. The zero-order valence-electron chi connectivity index (χ0n) is 8.28. The molecule has 0 aliphatic rings. The molecule has 1 rings (SSSR count). The van der Waals surface area contributed by atoms with Crippen LogP contribution in [-0.4, -0.2) is 25.5 Å². The zero-order valence-corrected chi connectivity index (χ0v) is 9.10. The van der Waals surface area contributed by atoms with E-state index in [2.05, 4.69) is 10.1 Å². The first kappa shape index (κ1) is 11.5. The summed E-state index contributed by atoms with van der Waals surface area (Å²) in [5, 5.41) is 4.32. The molecule has 0 atom stereocenters. The van der Waals surface area contributed by atoms with E-state index < -0.39 is 0 Å². The molecule has 0 radical (unpaired) electrons. The maximum Gasteiger partial charge on any atom is 0.307 e. The van der Waals surface area contributed by atoms with E-state index in [1.165, 1.54) is 18.4 Å². The van der Waals surface area contributed by atoms with E-state index in [-0.39, 0.29) is 24.8 Å². The Morgan fingerprint density at radius 1 is 1.60 bits per heavy atom. The number of hydrogen-bond donors (Lipinski definition) is 2. The second kappa shape index (κ2) is 5.35. The molecule has 0 aliphatic carbocycles. The smallest absolute Gasteiger partial charge is 0.307 e. The fourth-order valence-corrected chi connectivity index (χ4v) is 1.70. The van der Waals surface area contributed by atoms with Crippen molar-refractivity contribution in [3.05, 3.63) is 16.3 Å². The van der Waals surface area contributed by atoms with Crippen LogP contribution in [0.2, 0.25) is 0 Å². The van der Waals surface area contributed by atoms with Crippen LogP contribution in [0.4, 0.5) is 5.69 Å². The number of nitrogens with one attached hydrogen (secondary N) is 1. The number of carbonyl (C=O) groups is 2. The monoisotopic (exact) mass is 228 g/mol. The highest BCUT2D eigenvalue weighted by Crippen LogP contribution is 2.18. The summed E-state index contributed by atoms with van der Waals surface area (Å²) in [4.78, 5) is 22.7. The summed E-state index contributed by atoms with van der Waals surface area (Å²) in [6.07, 6.45) is 0.160. The van der Waals surface area contributed by atoms with Gasteiger partial charge in [0.05, 0.1) is 19.2 Å². The molecule has 0 fully saturated rings. The van der Waals surface area contributed by atoms with Gasteiger partial charge in [0.2, 0.25) is 0 Å². The molecule has 15 heavy (non-hydrogen) atoms. The van der Waals surface area contributed by atoms with E-state index in [0.717, 1.165) is 0 Å². The number of anilines is 1. The van der Waals surface area contributed by atoms with Crippen LogP contribution in [0.15, 0.2) is 11.4 Å². The molecule has 0 aromatic carbocycles. The Kier molecular flexibility index (Phi) is 4.11.